The lowest BCUT2D eigenvalue weighted by Gasteiger charge is -2.06. The van der Waals surface area contributed by atoms with Gasteiger partial charge in [0.15, 0.2) is 17.1 Å². The van der Waals surface area contributed by atoms with Gasteiger partial charge in [-0.3, -0.25) is 14.5 Å². The van der Waals surface area contributed by atoms with Crippen molar-refractivity contribution in [2.24, 2.45) is 7.05 Å². The minimum atomic E-state index is -0.493. The molecule has 1 amide bonds. The Labute approximate surface area is 195 Å². The fourth-order valence-electron chi connectivity index (χ4n) is 3.51. The average Bonchev–Trinajstić information content (AvgIpc) is 3.38. The number of rotatable bonds is 6. The molecule has 10 nitrogen and oxygen atoms in total. The van der Waals surface area contributed by atoms with Gasteiger partial charge in [0, 0.05) is 20.1 Å². The lowest BCUT2D eigenvalue weighted by molar-refractivity contribution is 0.0947. The third-order valence-electron chi connectivity index (χ3n) is 5.32. The van der Waals surface area contributed by atoms with E-state index in [1.54, 1.807) is 31.3 Å². The summed E-state index contributed by atoms with van der Waals surface area (Å²) in [6.07, 6.45) is 1.28. The van der Waals surface area contributed by atoms with Crippen LogP contribution >= 0.6 is 11.6 Å². The number of carbonyl (C=O) groups is 1. The maximum absolute atomic E-state index is 13.4. The number of nitrogens with zero attached hydrogens (tertiary/aromatic N) is 4. The van der Waals surface area contributed by atoms with E-state index in [1.807, 2.05) is 0 Å². The maximum Gasteiger partial charge on any atom is 0.419 e. The number of anilines is 1. The molecular formula is C22H17ClFN7O3. The summed E-state index contributed by atoms with van der Waals surface area (Å²) in [6.45, 7) is 0.536. The van der Waals surface area contributed by atoms with E-state index in [0.717, 1.165) is 11.1 Å². The summed E-state index contributed by atoms with van der Waals surface area (Å²) in [6, 6.07) is 9.64. The number of carbonyl (C=O) groups excluding carboxylic acids is 1. The number of fused-ring (bicyclic) bond motifs is 2. The standard InChI is InChI=1S/C22H17ClFN7O3/c1-31-15-7-12(3-5-16(15)34-22(31)33)9-26-21(32)19-17-18(27-10-28-19)20(30-29-17)25-8-11-2-4-14(24)13(23)6-11/h2-7,10H,8-9H2,1H3,(H,26,32)(H2,25,29,30). The van der Waals surface area contributed by atoms with Crippen molar-refractivity contribution < 1.29 is 13.6 Å². The highest BCUT2D eigenvalue weighted by Gasteiger charge is 2.17. The molecule has 34 heavy (non-hydrogen) atoms. The van der Waals surface area contributed by atoms with Gasteiger partial charge >= 0.3 is 5.76 Å². The fraction of sp³-hybridized carbons (Fsp3) is 0.136. The van der Waals surface area contributed by atoms with Gasteiger partial charge in [-0.15, -0.1) is 0 Å². The second-order valence-electron chi connectivity index (χ2n) is 7.53. The molecular weight excluding hydrogens is 465 g/mol. The molecule has 172 valence electrons. The Balaban J connectivity index is 1.32. The molecule has 5 aromatic rings. The van der Waals surface area contributed by atoms with Crippen LogP contribution < -0.4 is 16.4 Å². The second-order valence-corrected chi connectivity index (χ2v) is 7.94. The monoisotopic (exact) mass is 481 g/mol. The maximum atomic E-state index is 13.4. The molecule has 0 radical (unpaired) electrons. The zero-order chi connectivity index (χ0) is 23.8. The predicted octanol–water partition coefficient (Wildman–Crippen LogP) is 3.13. The minimum absolute atomic E-state index is 0.0293. The number of halogens is 2. The van der Waals surface area contributed by atoms with Crippen LogP contribution in [0.25, 0.3) is 22.1 Å². The predicted molar refractivity (Wildman–Crippen MR) is 123 cm³/mol. The SMILES string of the molecule is Cn1c(=O)oc2ccc(CNC(=O)c3ncnc4c(NCc5ccc(F)c(Cl)c5)n[nH]c34)cc21. The first-order valence-electron chi connectivity index (χ1n) is 10.1. The first-order chi connectivity index (χ1) is 16.4. The van der Waals surface area contributed by atoms with E-state index in [1.165, 1.54) is 23.0 Å². The largest absolute Gasteiger partial charge is 0.419 e. The van der Waals surface area contributed by atoms with Gasteiger partial charge < -0.3 is 15.1 Å². The number of aryl methyl sites for hydroxylation is 1. The summed E-state index contributed by atoms with van der Waals surface area (Å²) < 4.78 is 19.9. The lowest BCUT2D eigenvalue weighted by atomic mass is 10.2. The molecule has 5 rings (SSSR count). The molecule has 3 aromatic heterocycles. The van der Waals surface area contributed by atoms with E-state index >= 15 is 0 Å². The van der Waals surface area contributed by atoms with E-state index < -0.39 is 17.5 Å². The molecule has 0 atom stereocenters. The van der Waals surface area contributed by atoms with Crippen molar-refractivity contribution in [3.8, 4) is 0 Å². The summed E-state index contributed by atoms with van der Waals surface area (Å²) in [4.78, 5) is 32.8. The van der Waals surface area contributed by atoms with Crippen molar-refractivity contribution >= 4 is 45.5 Å². The summed E-state index contributed by atoms with van der Waals surface area (Å²) in [5.74, 6) is -0.953. The molecule has 0 aliphatic rings. The molecule has 0 aliphatic carbocycles. The van der Waals surface area contributed by atoms with Gasteiger partial charge in [-0.2, -0.15) is 5.10 Å². The molecule has 3 heterocycles. The highest BCUT2D eigenvalue weighted by atomic mass is 35.5. The van der Waals surface area contributed by atoms with Gasteiger partial charge in [0.1, 0.15) is 23.2 Å². The molecule has 0 bridgehead atoms. The number of oxazole rings is 1. The van der Waals surface area contributed by atoms with Crippen LogP contribution in [0, 0.1) is 5.82 Å². The number of aromatic nitrogens is 5. The topological polar surface area (TPSA) is 131 Å². The Morgan fingerprint density at radius 1 is 1.18 bits per heavy atom. The highest BCUT2D eigenvalue weighted by Crippen LogP contribution is 2.22. The van der Waals surface area contributed by atoms with Crippen molar-refractivity contribution in [3.05, 3.63) is 80.9 Å². The van der Waals surface area contributed by atoms with Gasteiger partial charge in [-0.05, 0) is 35.4 Å². The normalized spacial score (nSPS) is 11.3. The van der Waals surface area contributed by atoms with Crippen LogP contribution in [-0.2, 0) is 20.1 Å². The molecule has 0 fully saturated rings. The van der Waals surface area contributed by atoms with Crippen LogP contribution in [0.15, 0.2) is 51.9 Å². The summed E-state index contributed by atoms with van der Waals surface area (Å²) in [5, 5.41) is 12.9. The third kappa shape index (κ3) is 3.97. The molecule has 0 aliphatic heterocycles. The third-order valence-corrected chi connectivity index (χ3v) is 5.61. The van der Waals surface area contributed by atoms with Crippen molar-refractivity contribution in [3.63, 3.8) is 0 Å². The van der Waals surface area contributed by atoms with Crippen LogP contribution in [0.5, 0.6) is 0 Å². The fourth-order valence-corrected chi connectivity index (χ4v) is 3.72. The van der Waals surface area contributed by atoms with Crippen LogP contribution in [0.4, 0.5) is 10.2 Å². The molecule has 0 saturated carbocycles. The van der Waals surface area contributed by atoms with Crippen molar-refractivity contribution in [2.45, 2.75) is 13.1 Å². The van der Waals surface area contributed by atoms with Gasteiger partial charge in [-0.1, -0.05) is 23.7 Å². The van der Waals surface area contributed by atoms with Crippen molar-refractivity contribution in [2.75, 3.05) is 5.32 Å². The molecule has 0 unspecified atom stereocenters. The van der Waals surface area contributed by atoms with Gasteiger partial charge in [0.25, 0.3) is 5.91 Å². The smallest absolute Gasteiger partial charge is 0.408 e. The summed E-state index contributed by atoms with van der Waals surface area (Å²) in [7, 11) is 1.61. The van der Waals surface area contributed by atoms with Crippen molar-refractivity contribution in [1.82, 2.24) is 30.0 Å². The van der Waals surface area contributed by atoms with Gasteiger partial charge in [-0.25, -0.2) is 19.2 Å². The molecule has 0 saturated heterocycles. The average molecular weight is 482 g/mol. The minimum Gasteiger partial charge on any atom is -0.408 e. The first kappa shape index (κ1) is 21.6. The number of H-pyrrole nitrogens is 1. The Kier molecular flexibility index (Phi) is 5.46. The Morgan fingerprint density at radius 3 is 2.79 bits per heavy atom. The lowest BCUT2D eigenvalue weighted by Crippen LogP contribution is -2.24. The first-order valence-corrected chi connectivity index (χ1v) is 10.5. The van der Waals surface area contributed by atoms with Crippen molar-refractivity contribution in [1.29, 1.82) is 0 Å². The summed E-state index contributed by atoms with van der Waals surface area (Å²) in [5.41, 5.74) is 3.57. The number of aromatic amines is 1. The quantitative estimate of drug-likeness (QED) is 0.339. The zero-order valence-corrected chi connectivity index (χ0v) is 18.5. The molecule has 2 aromatic carbocycles. The zero-order valence-electron chi connectivity index (χ0n) is 17.7. The van der Waals surface area contributed by atoms with E-state index in [9.17, 15) is 14.0 Å². The van der Waals surface area contributed by atoms with E-state index in [2.05, 4.69) is 30.8 Å². The van der Waals surface area contributed by atoms with Crippen LogP contribution in [0.1, 0.15) is 21.6 Å². The van der Waals surface area contributed by atoms with E-state index in [4.69, 9.17) is 16.0 Å². The number of amides is 1. The van der Waals surface area contributed by atoms with Gasteiger partial charge in [0.05, 0.1) is 10.5 Å². The molecule has 12 heteroatoms. The van der Waals surface area contributed by atoms with Crippen LogP contribution in [-0.4, -0.2) is 30.6 Å². The number of hydrogen-bond donors (Lipinski definition) is 3. The second kappa shape index (κ2) is 8.60. The highest BCUT2D eigenvalue weighted by molar-refractivity contribution is 6.30. The number of hydrogen-bond acceptors (Lipinski definition) is 7. The number of benzene rings is 2. The Bertz CT molecular complexity index is 1610. The Morgan fingerprint density at radius 2 is 1.97 bits per heavy atom. The summed E-state index contributed by atoms with van der Waals surface area (Å²) >= 11 is 5.83. The van der Waals surface area contributed by atoms with E-state index in [0.29, 0.717) is 34.5 Å². The van der Waals surface area contributed by atoms with Gasteiger partial charge in [0.2, 0.25) is 0 Å². The van der Waals surface area contributed by atoms with E-state index in [-0.39, 0.29) is 17.3 Å². The Hall–Kier alpha value is -4.25. The number of nitrogens with one attached hydrogen (secondary N) is 3. The molecule has 0 spiro atoms. The van der Waals surface area contributed by atoms with Crippen LogP contribution in [0.2, 0.25) is 5.02 Å². The van der Waals surface area contributed by atoms with Crippen LogP contribution in [0.3, 0.4) is 0 Å². The molecule has 3 N–H and O–H groups in total.